The summed E-state index contributed by atoms with van der Waals surface area (Å²) in [5.41, 5.74) is 2.49. The van der Waals surface area contributed by atoms with Crippen molar-refractivity contribution in [3.8, 4) is 22.9 Å². The molecule has 4 rings (SSSR count). The van der Waals surface area contributed by atoms with Crippen LogP contribution in [0.2, 0.25) is 0 Å². The Hall–Kier alpha value is -3.78. The standard InChI is InChI=1S/C26H25N3O4S/c1-18-9-7-8-12-22(18)33-16-25-27-28-26(29(25)20-10-5-4-6-11-20)34-17-21(30)19-13-14-23(31-2)24(15-19)32-3/h4-15H,16-17H2,1-3H3. The molecule has 3 aromatic carbocycles. The van der Waals surface area contributed by atoms with Gasteiger partial charge >= 0.3 is 0 Å². The molecule has 0 aliphatic rings. The van der Waals surface area contributed by atoms with Crippen molar-refractivity contribution in [1.82, 2.24) is 14.8 Å². The van der Waals surface area contributed by atoms with Gasteiger partial charge in [-0.3, -0.25) is 9.36 Å². The molecule has 0 radical (unpaired) electrons. The van der Waals surface area contributed by atoms with Gasteiger partial charge in [-0.15, -0.1) is 10.2 Å². The van der Waals surface area contributed by atoms with Crippen molar-refractivity contribution in [3.63, 3.8) is 0 Å². The lowest BCUT2D eigenvalue weighted by atomic mass is 10.1. The molecule has 4 aromatic rings. The van der Waals surface area contributed by atoms with E-state index in [9.17, 15) is 4.79 Å². The molecule has 0 amide bonds. The van der Waals surface area contributed by atoms with Crippen LogP contribution >= 0.6 is 11.8 Å². The fraction of sp³-hybridized carbons (Fsp3) is 0.192. The van der Waals surface area contributed by atoms with Crippen LogP contribution < -0.4 is 14.2 Å². The number of hydrogen-bond donors (Lipinski definition) is 0. The number of ketones is 1. The van der Waals surface area contributed by atoms with Crippen molar-refractivity contribution in [3.05, 3.63) is 89.7 Å². The Balaban J connectivity index is 1.55. The molecule has 34 heavy (non-hydrogen) atoms. The molecule has 0 aliphatic heterocycles. The summed E-state index contributed by atoms with van der Waals surface area (Å²) in [5, 5.41) is 9.32. The Kier molecular flexibility index (Phi) is 7.49. The number of aromatic nitrogens is 3. The third-order valence-corrected chi connectivity index (χ3v) is 6.13. The summed E-state index contributed by atoms with van der Waals surface area (Å²) in [6.45, 7) is 2.25. The van der Waals surface area contributed by atoms with E-state index in [1.165, 1.54) is 11.8 Å². The van der Waals surface area contributed by atoms with Crippen LogP contribution in [0, 0.1) is 6.92 Å². The minimum absolute atomic E-state index is 0.0497. The molecular formula is C26H25N3O4S. The van der Waals surface area contributed by atoms with Crippen molar-refractivity contribution in [2.75, 3.05) is 20.0 Å². The van der Waals surface area contributed by atoms with Gasteiger partial charge in [0.2, 0.25) is 0 Å². The molecule has 0 atom stereocenters. The Morgan fingerprint density at radius 3 is 2.35 bits per heavy atom. The average Bonchev–Trinajstić information content (AvgIpc) is 3.29. The average molecular weight is 476 g/mol. The minimum Gasteiger partial charge on any atom is -0.493 e. The number of nitrogens with zero attached hydrogens (tertiary/aromatic N) is 3. The Morgan fingerprint density at radius 2 is 1.62 bits per heavy atom. The summed E-state index contributed by atoms with van der Waals surface area (Å²) in [6.07, 6.45) is 0. The van der Waals surface area contributed by atoms with Crippen molar-refractivity contribution in [1.29, 1.82) is 0 Å². The van der Waals surface area contributed by atoms with Gasteiger partial charge < -0.3 is 14.2 Å². The first-order valence-corrected chi connectivity index (χ1v) is 11.7. The van der Waals surface area contributed by atoms with E-state index in [0.29, 0.717) is 28.0 Å². The van der Waals surface area contributed by atoms with Gasteiger partial charge in [-0.05, 0) is 48.9 Å². The first-order chi connectivity index (χ1) is 16.6. The number of aryl methyl sites for hydroxylation is 1. The normalized spacial score (nSPS) is 10.7. The minimum atomic E-state index is -0.0497. The number of methoxy groups -OCH3 is 2. The Labute approximate surface area is 202 Å². The lowest BCUT2D eigenvalue weighted by molar-refractivity contribution is 0.102. The highest BCUT2D eigenvalue weighted by molar-refractivity contribution is 7.99. The summed E-state index contributed by atoms with van der Waals surface area (Å²) >= 11 is 1.33. The molecule has 0 spiro atoms. The van der Waals surface area contributed by atoms with Gasteiger partial charge in [-0.1, -0.05) is 48.2 Å². The number of benzene rings is 3. The van der Waals surface area contributed by atoms with E-state index in [2.05, 4.69) is 10.2 Å². The van der Waals surface area contributed by atoms with Gasteiger partial charge in [0.25, 0.3) is 0 Å². The number of Topliss-reactive ketones (excluding diaryl/α,β-unsaturated/α-hetero) is 1. The van der Waals surface area contributed by atoms with E-state index in [1.54, 1.807) is 32.4 Å². The zero-order valence-corrected chi connectivity index (χ0v) is 20.0. The smallest absolute Gasteiger partial charge is 0.196 e. The van der Waals surface area contributed by atoms with Crippen LogP contribution in [0.25, 0.3) is 5.69 Å². The highest BCUT2D eigenvalue weighted by Crippen LogP contribution is 2.29. The molecule has 0 bridgehead atoms. The number of rotatable bonds is 10. The topological polar surface area (TPSA) is 75.5 Å². The number of hydrogen-bond acceptors (Lipinski definition) is 7. The maximum Gasteiger partial charge on any atom is 0.196 e. The number of carbonyl (C=O) groups excluding carboxylic acids is 1. The second kappa shape index (κ2) is 10.9. The molecule has 0 saturated carbocycles. The lowest BCUT2D eigenvalue weighted by Gasteiger charge is -2.12. The van der Waals surface area contributed by atoms with Gasteiger partial charge in [0, 0.05) is 11.3 Å². The summed E-state index contributed by atoms with van der Waals surface area (Å²) < 4.78 is 18.5. The molecule has 1 heterocycles. The highest BCUT2D eigenvalue weighted by Gasteiger charge is 2.18. The summed E-state index contributed by atoms with van der Waals surface area (Å²) in [7, 11) is 3.11. The first kappa shape index (κ1) is 23.4. The van der Waals surface area contributed by atoms with Crippen molar-refractivity contribution in [2.24, 2.45) is 0 Å². The van der Waals surface area contributed by atoms with E-state index in [1.807, 2.05) is 66.1 Å². The van der Waals surface area contributed by atoms with Crippen molar-refractivity contribution < 1.29 is 19.0 Å². The SMILES string of the molecule is COc1ccc(C(=O)CSc2nnc(COc3ccccc3C)n2-c2ccccc2)cc1OC. The zero-order chi connectivity index (χ0) is 23.9. The van der Waals surface area contributed by atoms with Crippen LogP contribution in [0.5, 0.6) is 17.2 Å². The second-order valence-corrected chi connectivity index (χ2v) is 8.35. The molecule has 1 aromatic heterocycles. The van der Waals surface area contributed by atoms with Gasteiger partial charge in [0.05, 0.1) is 20.0 Å². The zero-order valence-electron chi connectivity index (χ0n) is 19.2. The number of ether oxygens (including phenoxy) is 3. The third-order valence-electron chi connectivity index (χ3n) is 5.20. The van der Waals surface area contributed by atoms with Crippen LogP contribution in [0.3, 0.4) is 0 Å². The molecule has 8 heteroatoms. The maximum absolute atomic E-state index is 12.9. The molecular weight excluding hydrogens is 450 g/mol. The predicted molar refractivity (Wildman–Crippen MR) is 131 cm³/mol. The molecule has 0 aliphatic carbocycles. The molecule has 0 unspecified atom stereocenters. The van der Waals surface area contributed by atoms with E-state index >= 15 is 0 Å². The molecule has 7 nitrogen and oxygen atoms in total. The van der Waals surface area contributed by atoms with Crippen LogP contribution in [-0.2, 0) is 6.61 Å². The van der Waals surface area contributed by atoms with E-state index in [4.69, 9.17) is 14.2 Å². The van der Waals surface area contributed by atoms with Crippen LogP contribution in [-0.4, -0.2) is 40.5 Å². The summed E-state index contributed by atoms with van der Waals surface area (Å²) in [6, 6.07) is 22.8. The third kappa shape index (κ3) is 5.23. The van der Waals surface area contributed by atoms with Crippen LogP contribution in [0.15, 0.2) is 78.0 Å². The predicted octanol–water partition coefficient (Wildman–Crippen LogP) is 5.15. The largest absolute Gasteiger partial charge is 0.493 e. The van der Waals surface area contributed by atoms with Gasteiger partial charge in [-0.2, -0.15) is 0 Å². The van der Waals surface area contributed by atoms with Crippen molar-refractivity contribution in [2.45, 2.75) is 18.7 Å². The number of carbonyl (C=O) groups is 1. The first-order valence-electron chi connectivity index (χ1n) is 10.7. The van der Waals surface area contributed by atoms with Gasteiger partial charge in [0.1, 0.15) is 12.4 Å². The maximum atomic E-state index is 12.9. The van der Waals surface area contributed by atoms with Crippen LogP contribution in [0.1, 0.15) is 21.7 Å². The second-order valence-electron chi connectivity index (χ2n) is 7.41. The number of para-hydroxylation sites is 2. The fourth-order valence-corrected chi connectivity index (χ4v) is 4.27. The molecule has 0 N–H and O–H groups in total. The van der Waals surface area contributed by atoms with Crippen molar-refractivity contribution >= 4 is 17.5 Å². The highest BCUT2D eigenvalue weighted by atomic mass is 32.2. The molecule has 0 saturated heterocycles. The van der Waals surface area contributed by atoms with Gasteiger partial charge in [0.15, 0.2) is 28.3 Å². The Morgan fingerprint density at radius 1 is 0.882 bits per heavy atom. The molecule has 174 valence electrons. The van der Waals surface area contributed by atoms with Gasteiger partial charge in [-0.25, -0.2) is 0 Å². The number of thioether (sulfide) groups is 1. The Bertz CT molecular complexity index is 1270. The van der Waals surface area contributed by atoms with E-state index in [0.717, 1.165) is 17.0 Å². The van der Waals surface area contributed by atoms with E-state index in [-0.39, 0.29) is 18.1 Å². The van der Waals surface area contributed by atoms with Crippen LogP contribution in [0.4, 0.5) is 0 Å². The lowest BCUT2D eigenvalue weighted by Crippen LogP contribution is -2.08. The molecule has 0 fully saturated rings. The summed E-state index contributed by atoms with van der Waals surface area (Å²) in [4.78, 5) is 12.9. The quantitative estimate of drug-likeness (QED) is 0.232. The fourth-order valence-electron chi connectivity index (χ4n) is 3.41. The summed E-state index contributed by atoms with van der Waals surface area (Å²) in [5.74, 6) is 2.68. The monoisotopic (exact) mass is 475 g/mol. The van der Waals surface area contributed by atoms with E-state index < -0.39 is 0 Å².